The Hall–Kier alpha value is -1.85. The minimum Gasteiger partial charge on any atom is -0.338 e. The first-order chi connectivity index (χ1) is 13.0. The van der Waals surface area contributed by atoms with Gasteiger partial charge in [0.05, 0.1) is 16.8 Å². The summed E-state index contributed by atoms with van der Waals surface area (Å²) in [4.78, 5) is 20.0. The number of nitrogens with two attached hydrogens (primary N) is 1. The Balaban J connectivity index is 0.00000150. The quantitative estimate of drug-likeness (QED) is 0.593. The van der Waals surface area contributed by atoms with Crippen LogP contribution in [0.5, 0.6) is 0 Å². The van der Waals surface area contributed by atoms with Crippen LogP contribution in [0.15, 0.2) is 54.6 Å². The van der Waals surface area contributed by atoms with Crippen molar-refractivity contribution in [3.05, 3.63) is 65.2 Å². The van der Waals surface area contributed by atoms with Crippen LogP contribution in [0.25, 0.3) is 22.2 Å². The fraction of sp³-hybridized carbons (Fsp3) is 0.273. The van der Waals surface area contributed by atoms with Gasteiger partial charge in [-0.25, -0.2) is 4.98 Å². The number of pyridine rings is 1. The molecule has 2 heterocycles. The Morgan fingerprint density at radius 1 is 1.17 bits per heavy atom. The second-order valence-corrected chi connectivity index (χ2v) is 7.95. The number of hydrogen-bond donors (Lipinski definition) is 1. The van der Waals surface area contributed by atoms with Crippen molar-refractivity contribution >= 4 is 53.2 Å². The molecule has 0 spiro atoms. The number of benzene rings is 2. The SMILES string of the molecule is CC1(CN)CCN(C(=O)c2cc(-c3ccccc3Cl)nc3ccccc23)C1.Cl.Cl. The van der Waals surface area contributed by atoms with E-state index >= 15 is 0 Å². The minimum atomic E-state index is -0.00986. The minimum absolute atomic E-state index is 0. The predicted octanol–water partition coefficient (Wildman–Crippen LogP) is 5.21. The summed E-state index contributed by atoms with van der Waals surface area (Å²) < 4.78 is 0. The molecule has 1 amide bonds. The number of fused-ring (bicyclic) bond motifs is 1. The highest BCUT2D eigenvalue weighted by Gasteiger charge is 2.35. The maximum Gasteiger partial charge on any atom is 0.254 e. The van der Waals surface area contributed by atoms with Gasteiger partial charge in [-0.2, -0.15) is 0 Å². The van der Waals surface area contributed by atoms with Crippen molar-refractivity contribution in [1.82, 2.24) is 9.88 Å². The molecule has 4 rings (SSSR count). The van der Waals surface area contributed by atoms with Gasteiger partial charge in [0.15, 0.2) is 0 Å². The number of aromatic nitrogens is 1. The number of amides is 1. The van der Waals surface area contributed by atoms with Crippen molar-refractivity contribution in [3.8, 4) is 11.3 Å². The molecule has 1 aliphatic heterocycles. The zero-order valence-electron chi connectivity index (χ0n) is 16.1. The van der Waals surface area contributed by atoms with Gasteiger partial charge in [-0.05, 0) is 36.6 Å². The van der Waals surface area contributed by atoms with Crippen LogP contribution in [0.4, 0.5) is 0 Å². The standard InChI is InChI=1S/C22H22ClN3O.2ClH/c1-22(13-24)10-11-26(14-22)21(27)17-12-20(16-7-2-4-8-18(16)23)25-19-9-5-3-6-15(17)19;;/h2-9,12H,10-11,13-14,24H2,1H3;2*1H. The molecule has 1 aliphatic rings. The van der Waals surface area contributed by atoms with Crippen molar-refractivity contribution in [2.24, 2.45) is 11.1 Å². The van der Waals surface area contributed by atoms with Gasteiger partial charge in [-0.15, -0.1) is 24.8 Å². The Labute approximate surface area is 188 Å². The van der Waals surface area contributed by atoms with Gasteiger partial charge < -0.3 is 10.6 Å². The van der Waals surface area contributed by atoms with E-state index in [9.17, 15) is 4.79 Å². The molecule has 1 unspecified atom stereocenters. The summed E-state index contributed by atoms with van der Waals surface area (Å²) in [5.74, 6) is 0.0269. The van der Waals surface area contributed by atoms with Crippen LogP contribution in [0.3, 0.4) is 0 Å². The summed E-state index contributed by atoms with van der Waals surface area (Å²) in [6.07, 6.45) is 0.926. The second kappa shape index (κ2) is 9.31. The number of carbonyl (C=O) groups is 1. The molecule has 29 heavy (non-hydrogen) atoms. The number of para-hydroxylation sites is 1. The molecule has 0 bridgehead atoms. The number of likely N-dealkylation sites (tertiary alicyclic amines) is 1. The van der Waals surface area contributed by atoms with Crippen molar-refractivity contribution < 1.29 is 4.79 Å². The topological polar surface area (TPSA) is 59.2 Å². The Morgan fingerprint density at radius 2 is 1.86 bits per heavy atom. The van der Waals surface area contributed by atoms with Gasteiger partial charge >= 0.3 is 0 Å². The third kappa shape index (κ3) is 4.51. The molecule has 3 aromatic rings. The molecule has 1 atom stereocenters. The summed E-state index contributed by atoms with van der Waals surface area (Å²) in [5.41, 5.74) is 8.90. The molecular formula is C22H24Cl3N3O. The molecule has 4 nitrogen and oxygen atoms in total. The Morgan fingerprint density at radius 3 is 2.55 bits per heavy atom. The van der Waals surface area contributed by atoms with E-state index in [0.717, 1.165) is 29.4 Å². The average molecular weight is 453 g/mol. The van der Waals surface area contributed by atoms with Crippen LogP contribution in [0.2, 0.25) is 5.02 Å². The third-order valence-corrected chi connectivity index (χ3v) is 5.76. The molecule has 0 aliphatic carbocycles. The maximum absolute atomic E-state index is 13.4. The van der Waals surface area contributed by atoms with Gasteiger partial charge in [-0.3, -0.25) is 4.79 Å². The van der Waals surface area contributed by atoms with E-state index in [4.69, 9.17) is 22.3 Å². The summed E-state index contributed by atoms with van der Waals surface area (Å²) in [6.45, 7) is 4.13. The number of halogens is 3. The van der Waals surface area contributed by atoms with Gasteiger partial charge in [-0.1, -0.05) is 54.9 Å². The Kier molecular flexibility index (Phi) is 7.52. The normalized spacial score (nSPS) is 18.2. The molecule has 1 fully saturated rings. The smallest absolute Gasteiger partial charge is 0.254 e. The number of carbonyl (C=O) groups excluding carboxylic acids is 1. The van der Waals surface area contributed by atoms with Crippen LogP contribution in [-0.4, -0.2) is 35.4 Å². The van der Waals surface area contributed by atoms with Gasteiger partial charge in [0.25, 0.3) is 5.91 Å². The van der Waals surface area contributed by atoms with E-state index in [2.05, 4.69) is 6.92 Å². The van der Waals surface area contributed by atoms with Crippen molar-refractivity contribution in [2.45, 2.75) is 13.3 Å². The number of nitrogens with zero attached hydrogens (tertiary/aromatic N) is 2. The van der Waals surface area contributed by atoms with E-state index in [-0.39, 0.29) is 36.1 Å². The zero-order valence-corrected chi connectivity index (χ0v) is 18.5. The fourth-order valence-corrected chi connectivity index (χ4v) is 3.93. The highest BCUT2D eigenvalue weighted by Crippen LogP contribution is 2.33. The summed E-state index contributed by atoms with van der Waals surface area (Å²) in [5, 5.41) is 1.48. The first-order valence-corrected chi connectivity index (χ1v) is 9.53. The van der Waals surface area contributed by atoms with Crippen LogP contribution < -0.4 is 5.73 Å². The number of hydrogen-bond acceptors (Lipinski definition) is 3. The lowest BCUT2D eigenvalue weighted by molar-refractivity contribution is 0.0779. The van der Waals surface area contributed by atoms with Gasteiger partial charge in [0, 0.05) is 29.1 Å². The van der Waals surface area contributed by atoms with Crippen LogP contribution >= 0.6 is 36.4 Å². The molecule has 1 aromatic heterocycles. The molecule has 0 saturated carbocycles. The molecule has 7 heteroatoms. The molecule has 0 radical (unpaired) electrons. The highest BCUT2D eigenvalue weighted by atomic mass is 35.5. The molecule has 2 N–H and O–H groups in total. The summed E-state index contributed by atoms with van der Waals surface area (Å²) >= 11 is 6.38. The third-order valence-electron chi connectivity index (χ3n) is 5.43. The Bertz CT molecular complexity index is 1030. The first-order valence-electron chi connectivity index (χ1n) is 9.15. The van der Waals surface area contributed by atoms with Crippen molar-refractivity contribution in [2.75, 3.05) is 19.6 Å². The summed E-state index contributed by atoms with van der Waals surface area (Å²) in [6, 6.07) is 17.2. The largest absolute Gasteiger partial charge is 0.338 e. The monoisotopic (exact) mass is 451 g/mol. The lowest BCUT2D eigenvalue weighted by atomic mass is 9.90. The fourth-order valence-electron chi connectivity index (χ4n) is 3.69. The van der Waals surface area contributed by atoms with Gasteiger partial charge in [0.2, 0.25) is 0 Å². The first kappa shape index (κ1) is 23.4. The predicted molar refractivity (Wildman–Crippen MR) is 124 cm³/mol. The molecular weight excluding hydrogens is 429 g/mol. The van der Waals surface area contributed by atoms with Crippen molar-refractivity contribution in [1.29, 1.82) is 0 Å². The van der Waals surface area contributed by atoms with Crippen LogP contribution in [0.1, 0.15) is 23.7 Å². The van der Waals surface area contributed by atoms with E-state index in [0.29, 0.717) is 29.4 Å². The maximum atomic E-state index is 13.4. The van der Waals surface area contributed by atoms with E-state index in [1.54, 1.807) is 0 Å². The lowest BCUT2D eigenvalue weighted by Gasteiger charge is -2.23. The van der Waals surface area contributed by atoms with Crippen LogP contribution in [0, 0.1) is 5.41 Å². The van der Waals surface area contributed by atoms with Crippen molar-refractivity contribution in [3.63, 3.8) is 0 Å². The molecule has 1 saturated heterocycles. The zero-order chi connectivity index (χ0) is 19.0. The average Bonchev–Trinajstić information content (AvgIpc) is 3.10. The highest BCUT2D eigenvalue weighted by molar-refractivity contribution is 6.33. The second-order valence-electron chi connectivity index (χ2n) is 7.54. The van der Waals surface area contributed by atoms with E-state index in [1.165, 1.54) is 0 Å². The van der Waals surface area contributed by atoms with E-state index < -0.39 is 0 Å². The lowest BCUT2D eigenvalue weighted by Crippen LogP contribution is -2.34. The van der Waals surface area contributed by atoms with Gasteiger partial charge in [0.1, 0.15) is 0 Å². The number of rotatable bonds is 3. The van der Waals surface area contributed by atoms with E-state index in [1.807, 2.05) is 59.5 Å². The summed E-state index contributed by atoms with van der Waals surface area (Å²) in [7, 11) is 0. The molecule has 2 aromatic carbocycles. The molecule has 154 valence electrons. The van der Waals surface area contributed by atoms with Crippen LogP contribution in [-0.2, 0) is 0 Å².